The van der Waals surface area contributed by atoms with Gasteiger partial charge in [0, 0.05) is 24.7 Å². The summed E-state index contributed by atoms with van der Waals surface area (Å²) in [6.07, 6.45) is 0.917. The molecule has 1 aromatic carbocycles. The van der Waals surface area contributed by atoms with Gasteiger partial charge in [-0.05, 0) is 31.9 Å². The average Bonchev–Trinajstić information content (AvgIpc) is 3.13. The van der Waals surface area contributed by atoms with Gasteiger partial charge in [-0.1, -0.05) is 11.6 Å². The molecular formula is C16H18ClN3O6. The number of nitro benzene ring substituents is 1. The lowest BCUT2D eigenvalue weighted by Gasteiger charge is -2.20. The highest BCUT2D eigenvalue weighted by Crippen LogP contribution is 2.24. The summed E-state index contributed by atoms with van der Waals surface area (Å²) >= 11 is 5.68. The van der Waals surface area contributed by atoms with Crippen molar-refractivity contribution in [1.29, 1.82) is 0 Å². The zero-order valence-electron chi connectivity index (χ0n) is 14.1. The van der Waals surface area contributed by atoms with Crippen LogP contribution in [0.1, 0.15) is 30.1 Å². The molecule has 2 amide bonds. The van der Waals surface area contributed by atoms with Gasteiger partial charge in [-0.15, -0.1) is 0 Å². The molecule has 0 radical (unpaired) electrons. The highest BCUT2D eigenvalue weighted by Gasteiger charge is 2.26. The van der Waals surface area contributed by atoms with Crippen LogP contribution >= 0.6 is 11.6 Å². The standard InChI is InChI=1S/C16H18ClN3O6/c1-10(16(23)19-6-2-3-7-19)26-14(21)9-18-15(22)11-4-5-12(17)13(8-11)20(24)25/h4-5,8,10H,2-3,6-7,9H2,1H3,(H,18,22)/t10-/m1/s1. The number of rotatable bonds is 6. The lowest BCUT2D eigenvalue weighted by molar-refractivity contribution is -0.384. The predicted molar refractivity (Wildman–Crippen MR) is 91.8 cm³/mol. The van der Waals surface area contributed by atoms with Gasteiger partial charge in [-0.2, -0.15) is 0 Å². The first kappa shape index (κ1) is 19.6. The molecule has 0 unspecified atom stereocenters. The molecule has 0 aliphatic carbocycles. The van der Waals surface area contributed by atoms with Crippen LogP contribution in [0.5, 0.6) is 0 Å². The Bertz CT molecular complexity index is 733. The number of nitrogens with one attached hydrogen (secondary N) is 1. The number of hydrogen-bond acceptors (Lipinski definition) is 6. The molecule has 1 aliphatic rings. The number of nitro groups is 1. The fourth-order valence-corrected chi connectivity index (χ4v) is 2.72. The van der Waals surface area contributed by atoms with E-state index in [2.05, 4.69) is 5.32 Å². The lowest BCUT2D eigenvalue weighted by atomic mass is 10.2. The molecule has 1 heterocycles. The molecule has 140 valence electrons. The molecule has 0 saturated carbocycles. The number of hydrogen-bond donors (Lipinski definition) is 1. The Hall–Kier alpha value is -2.68. The van der Waals surface area contributed by atoms with E-state index in [1.54, 1.807) is 4.90 Å². The number of esters is 1. The van der Waals surface area contributed by atoms with E-state index >= 15 is 0 Å². The number of carbonyl (C=O) groups is 3. The van der Waals surface area contributed by atoms with Crippen LogP contribution in [-0.2, 0) is 14.3 Å². The van der Waals surface area contributed by atoms with E-state index in [1.165, 1.54) is 19.1 Å². The second-order valence-corrected chi connectivity index (χ2v) is 6.18. The summed E-state index contributed by atoms with van der Waals surface area (Å²) in [6, 6.07) is 3.54. The molecule has 0 bridgehead atoms. The molecule has 0 aromatic heterocycles. The van der Waals surface area contributed by atoms with Gasteiger partial charge >= 0.3 is 5.97 Å². The Morgan fingerprint density at radius 2 is 2.00 bits per heavy atom. The fourth-order valence-electron chi connectivity index (χ4n) is 2.53. The van der Waals surface area contributed by atoms with Gasteiger partial charge in [0.05, 0.1) is 4.92 Å². The summed E-state index contributed by atoms with van der Waals surface area (Å²) in [7, 11) is 0. The Morgan fingerprint density at radius 3 is 2.62 bits per heavy atom. The summed E-state index contributed by atoms with van der Waals surface area (Å²) in [5.41, 5.74) is -0.429. The summed E-state index contributed by atoms with van der Waals surface area (Å²) in [4.78, 5) is 47.6. The minimum absolute atomic E-state index is 0.0184. The Labute approximate surface area is 154 Å². The molecule has 1 atom stereocenters. The van der Waals surface area contributed by atoms with E-state index in [4.69, 9.17) is 16.3 Å². The van der Waals surface area contributed by atoms with Crippen molar-refractivity contribution in [1.82, 2.24) is 10.2 Å². The van der Waals surface area contributed by atoms with Crippen molar-refractivity contribution >= 4 is 35.1 Å². The number of halogens is 1. The van der Waals surface area contributed by atoms with Crippen molar-refractivity contribution in [3.05, 3.63) is 38.9 Å². The van der Waals surface area contributed by atoms with Crippen LogP contribution in [0.25, 0.3) is 0 Å². The van der Waals surface area contributed by atoms with E-state index in [0.29, 0.717) is 13.1 Å². The largest absolute Gasteiger partial charge is 0.451 e. The van der Waals surface area contributed by atoms with Crippen molar-refractivity contribution in [2.24, 2.45) is 0 Å². The van der Waals surface area contributed by atoms with Crippen LogP contribution in [0.3, 0.4) is 0 Å². The van der Waals surface area contributed by atoms with Gasteiger partial charge < -0.3 is 15.0 Å². The Kier molecular flexibility index (Phi) is 6.51. The van der Waals surface area contributed by atoms with E-state index < -0.39 is 35.1 Å². The molecule has 10 heteroatoms. The molecule has 1 fully saturated rings. The first-order valence-electron chi connectivity index (χ1n) is 8.00. The quantitative estimate of drug-likeness (QED) is 0.452. The van der Waals surface area contributed by atoms with E-state index in [1.807, 2.05) is 0 Å². The van der Waals surface area contributed by atoms with Crippen molar-refractivity contribution in [2.45, 2.75) is 25.9 Å². The normalized spacial score (nSPS) is 14.6. The zero-order valence-corrected chi connectivity index (χ0v) is 14.8. The summed E-state index contributed by atoms with van der Waals surface area (Å²) in [5.74, 6) is -1.74. The molecule has 2 rings (SSSR count). The highest BCUT2D eigenvalue weighted by atomic mass is 35.5. The Balaban J connectivity index is 1.86. The summed E-state index contributed by atoms with van der Waals surface area (Å²) in [5, 5.41) is 13.0. The van der Waals surface area contributed by atoms with Crippen molar-refractivity contribution in [2.75, 3.05) is 19.6 Å². The van der Waals surface area contributed by atoms with Crippen molar-refractivity contribution in [3.63, 3.8) is 0 Å². The number of nitrogens with zero attached hydrogens (tertiary/aromatic N) is 2. The third kappa shape index (κ3) is 4.92. The van der Waals surface area contributed by atoms with Gasteiger partial charge in [-0.3, -0.25) is 24.5 Å². The first-order chi connectivity index (χ1) is 12.3. The lowest BCUT2D eigenvalue weighted by Crippen LogP contribution is -2.40. The molecule has 26 heavy (non-hydrogen) atoms. The maximum Gasteiger partial charge on any atom is 0.326 e. The van der Waals surface area contributed by atoms with Gasteiger partial charge in [0.2, 0.25) is 0 Å². The Morgan fingerprint density at radius 1 is 1.35 bits per heavy atom. The van der Waals surface area contributed by atoms with Crippen LogP contribution < -0.4 is 5.32 Å². The minimum Gasteiger partial charge on any atom is -0.451 e. The van der Waals surface area contributed by atoms with Crippen molar-refractivity contribution < 1.29 is 24.0 Å². The molecule has 1 aromatic rings. The summed E-state index contributed by atoms with van der Waals surface area (Å²) in [6.45, 7) is 2.30. The van der Waals surface area contributed by atoms with Crippen LogP contribution in [-0.4, -0.2) is 53.3 Å². The topological polar surface area (TPSA) is 119 Å². The second kappa shape index (κ2) is 8.61. The molecule has 1 N–H and O–H groups in total. The van der Waals surface area contributed by atoms with Crippen LogP contribution in [0, 0.1) is 10.1 Å². The van der Waals surface area contributed by atoms with Crippen LogP contribution in [0.15, 0.2) is 18.2 Å². The van der Waals surface area contributed by atoms with Gasteiger partial charge in [0.1, 0.15) is 11.6 Å². The van der Waals surface area contributed by atoms with Gasteiger partial charge in [0.25, 0.3) is 17.5 Å². The van der Waals surface area contributed by atoms with Crippen molar-refractivity contribution in [3.8, 4) is 0 Å². The number of carbonyl (C=O) groups excluding carboxylic acids is 3. The smallest absolute Gasteiger partial charge is 0.326 e. The first-order valence-corrected chi connectivity index (χ1v) is 8.38. The predicted octanol–water partition coefficient (Wildman–Crippen LogP) is 1.53. The molecule has 0 spiro atoms. The number of likely N-dealkylation sites (tertiary alicyclic amines) is 1. The molecular weight excluding hydrogens is 366 g/mol. The third-order valence-corrected chi connectivity index (χ3v) is 4.19. The minimum atomic E-state index is -0.936. The maximum atomic E-state index is 12.1. The molecule has 1 saturated heterocycles. The van der Waals surface area contributed by atoms with E-state index in [-0.39, 0.29) is 16.5 Å². The van der Waals surface area contributed by atoms with E-state index in [0.717, 1.165) is 18.9 Å². The van der Waals surface area contributed by atoms with Crippen LogP contribution in [0.2, 0.25) is 5.02 Å². The second-order valence-electron chi connectivity index (χ2n) is 5.77. The SMILES string of the molecule is C[C@@H](OC(=O)CNC(=O)c1ccc(Cl)c([N+](=O)[O-])c1)C(=O)N1CCCC1. The summed E-state index contributed by atoms with van der Waals surface area (Å²) < 4.78 is 5.02. The van der Waals surface area contributed by atoms with Crippen LogP contribution in [0.4, 0.5) is 5.69 Å². The maximum absolute atomic E-state index is 12.1. The zero-order chi connectivity index (χ0) is 19.3. The fraction of sp³-hybridized carbons (Fsp3) is 0.438. The van der Waals surface area contributed by atoms with Gasteiger partial charge in [-0.25, -0.2) is 0 Å². The van der Waals surface area contributed by atoms with Gasteiger partial charge in [0.15, 0.2) is 6.10 Å². The highest BCUT2D eigenvalue weighted by molar-refractivity contribution is 6.32. The number of ether oxygens (including phenoxy) is 1. The average molecular weight is 384 g/mol. The number of benzene rings is 1. The number of amides is 2. The van der Waals surface area contributed by atoms with E-state index in [9.17, 15) is 24.5 Å². The monoisotopic (exact) mass is 383 g/mol. The third-order valence-electron chi connectivity index (χ3n) is 3.87. The molecule has 1 aliphatic heterocycles. The molecule has 9 nitrogen and oxygen atoms in total.